The zero-order valence-electron chi connectivity index (χ0n) is 11.1. The number of amides is 1. The molecule has 18 heavy (non-hydrogen) atoms. The summed E-state index contributed by atoms with van der Waals surface area (Å²) in [6, 6.07) is 10.7. The summed E-state index contributed by atoms with van der Waals surface area (Å²) in [5.74, 6) is -0.206. The minimum Gasteiger partial charge on any atom is -0.370 e. The molecule has 3 heteroatoms. The molecule has 2 N–H and O–H groups in total. The van der Waals surface area contributed by atoms with Gasteiger partial charge in [0.15, 0.2) is 0 Å². The molecule has 1 aliphatic heterocycles. The van der Waals surface area contributed by atoms with Crippen molar-refractivity contribution in [3.8, 4) is 0 Å². The fourth-order valence-corrected chi connectivity index (χ4v) is 2.88. The van der Waals surface area contributed by atoms with Crippen LogP contribution in [0.5, 0.6) is 0 Å². The smallest absolute Gasteiger partial charge is 0.218 e. The minimum absolute atomic E-state index is 0.206. The number of likely N-dealkylation sites (tertiary alicyclic amines) is 1. The number of piperidine rings is 1. The number of hydrogen-bond donors (Lipinski definition) is 1. The van der Waals surface area contributed by atoms with Gasteiger partial charge in [0, 0.05) is 24.9 Å². The van der Waals surface area contributed by atoms with Crippen LogP contribution in [0.1, 0.15) is 31.7 Å². The van der Waals surface area contributed by atoms with E-state index in [1.54, 1.807) is 0 Å². The fourth-order valence-electron chi connectivity index (χ4n) is 2.88. The van der Waals surface area contributed by atoms with Crippen molar-refractivity contribution in [2.75, 3.05) is 19.6 Å². The summed E-state index contributed by atoms with van der Waals surface area (Å²) in [6.45, 7) is 5.20. The van der Waals surface area contributed by atoms with Crippen LogP contribution >= 0.6 is 0 Å². The summed E-state index contributed by atoms with van der Waals surface area (Å²) in [5, 5.41) is 0. The van der Waals surface area contributed by atoms with Crippen molar-refractivity contribution in [3.63, 3.8) is 0 Å². The molecule has 1 aromatic carbocycles. The molecule has 1 aromatic rings. The molecule has 1 amide bonds. The fraction of sp³-hybridized carbons (Fsp3) is 0.533. The molecule has 2 rings (SSSR count). The van der Waals surface area contributed by atoms with E-state index in [0.717, 1.165) is 19.6 Å². The van der Waals surface area contributed by atoms with Crippen molar-refractivity contribution < 1.29 is 4.79 Å². The van der Waals surface area contributed by atoms with Crippen molar-refractivity contribution in [2.24, 2.45) is 5.73 Å². The normalized spacial score (nSPS) is 24.9. The van der Waals surface area contributed by atoms with Crippen LogP contribution in [0.2, 0.25) is 0 Å². The van der Waals surface area contributed by atoms with Crippen LogP contribution in [-0.2, 0) is 10.2 Å². The van der Waals surface area contributed by atoms with Crippen LogP contribution in [0.3, 0.4) is 0 Å². The molecule has 1 unspecified atom stereocenters. The lowest BCUT2D eigenvalue weighted by Crippen LogP contribution is -2.45. The van der Waals surface area contributed by atoms with Crippen molar-refractivity contribution in [3.05, 3.63) is 35.9 Å². The molecule has 1 fully saturated rings. The topological polar surface area (TPSA) is 46.3 Å². The third-order valence-electron chi connectivity index (χ3n) is 3.92. The number of nitrogens with zero attached hydrogens (tertiary/aromatic N) is 1. The van der Waals surface area contributed by atoms with Crippen LogP contribution in [0.25, 0.3) is 0 Å². The average Bonchev–Trinajstić information content (AvgIpc) is 2.38. The molecule has 0 radical (unpaired) electrons. The second-order valence-electron chi connectivity index (χ2n) is 5.52. The zero-order chi connectivity index (χ0) is 13.0. The van der Waals surface area contributed by atoms with Crippen LogP contribution in [0, 0.1) is 0 Å². The van der Waals surface area contributed by atoms with Gasteiger partial charge in [-0.15, -0.1) is 0 Å². The van der Waals surface area contributed by atoms with Gasteiger partial charge in [-0.05, 0) is 24.9 Å². The molecule has 98 valence electrons. The third-order valence-corrected chi connectivity index (χ3v) is 3.92. The van der Waals surface area contributed by atoms with E-state index in [-0.39, 0.29) is 11.3 Å². The van der Waals surface area contributed by atoms with E-state index < -0.39 is 0 Å². The number of benzene rings is 1. The van der Waals surface area contributed by atoms with Gasteiger partial charge in [0.25, 0.3) is 0 Å². The lowest BCUT2D eigenvalue weighted by molar-refractivity contribution is -0.118. The van der Waals surface area contributed by atoms with Crippen LogP contribution < -0.4 is 5.73 Å². The molecule has 0 aromatic heterocycles. The molecular weight excluding hydrogens is 224 g/mol. The molecular formula is C15H22N2O. The summed E-state index contributed by atoms with van der Waals surface area (Å²) in [5.41, 5.74) is 6.83. The van der Waals surface area contributed by atoms with E-state index in [4.69, 9.17) is 5.73 Å². The van der Waals surface area contributed by atoms with Crippen molar-refractivity contribution in [2.45, 2.75) is 31.6 Å². The number of nitrogens with two attached hydrogens (primary N) is 1. The molecule has 1 heterocycles. The second kappa shape index (κ2) is 5.53. The SMILES string of the molecule is CC1(c2ccccc2)CCCN(CCC(N)=O)C1. The molecule has 3 nitrogen and oxygen atoms in total. The van der Waals surface area contributed by atoms with E-state index in [0.29, 0.717) is 6.42 Å². The Hall–Kier alpha value is -1.35. The highest BCUT2D eigenvalue weighted by atomic mass is 16.1. The van der Waals surface area contributed by atoms with Crippen LogP contribution in [-0.4, -0.2) is 30.4 Å². The zero-order valence-corrected chi connectivity index (χ0v) is 11.1. The monoisotopic (exact) mass is 246 g/mol. The minimum atomic E-state index is -0.206. The average molecular weight is 246 g/mol. The predicted molar refractivity (Wildman–Crippen MR) is 73.3 cm³/mol. The first-order valence-electron chi connectivity index (χ1n) is 6.66. The Morgan fingerprint density at radius 3 is 2.78 bits per heavy atom. The number of primary amides is 1. The Kier molecular flexibility index (Phi) is 4.02. The van der Waals surface area contributed by atoms with Gasteiger partial charge in [-0.1, -0.05) is 37.3 Å². The first-order chi connectivity index (χ1) is 8.60. The molecule has 0 aliphatic carbocycles. The lowest BCUT2D eigenvalue weighted by Gasteiger charge is -2.41. The van der Waals surface area contributed by atoms with Crippen molar-refractivity contribution in [1.29, 1.82) is 0 Å². The second-order valence-corrected chi connectivity index (χ2v) is 5.52. The van der Waals surface area contributed by atoms with E-state index in [1.807, 2.05) is 0 Å². The van der Waals surface area contributed by atoms with E-state index in [9.17, 15) is 4.79 Å². The van der Waals surface area contributed by atoms with Gasteiger partial charge in [-0.3, -0.25) is 4.79 Å². The van der Waals surface area contributed by atoms with Gasteiger partial charge in [-0.2, -0.15) is 0 Å². The summed E-state index contributed by atoms with van der Waals surface area (Å²) in [6.07, 6.45) is 2.86. The highest BCUT2D eigenvalue weighted by Crippen LogP contribution is 2.33. The summed E-state index contributed by atoms with van der Waals surface area (Å²) >= 11 is 0. The van der Waals surface area contributed by atoms with Gasteiger partial charge in [0.1, 0.15) is 0 Å². The van der Waals surface area contributed by atoms with Gasteiger partial charge < -0.3 is 10.6 Å². The third kappa shape index (κ3) is 3.10. The molecule has 0 bridgehead atoms. The van der Waals surface area contributed by atoms with Gasteiger partial charge in [-0.25, -0.2) is 0 Å². The Morgan fingerprint density at radius 2 is 2.11 bits per heavy atom. The molecule has 1 atom stereocenters. The molecule has 1 aliphatic rings. The van der Waals surface area contributed by atoms with Crippen molar-refractivity contribution >= 4 is 5.91 Å². The standard InChI is InChI=1S/C15H22N2O/c1-15(13-6-3-2-4-7-13)9-5-10-17(12-15)11-8-14(16)18/h2-4,6-7H,5,8-12H2,1H3,(H2,16,18). The number of carbonyl (C=O) groups excluding carboxylic acids is 1. The van der Waals surface area contributed by atoms with Gasteiger partial charge in [0.2, 0.25) is 5.91 Å². The summed E-state index contributed by atoms with van der Waals surface area (Å²) in [7, 11) is 0. The highest BCUT2D eigenvalue weighted by Gasteiger charge is 2.32. The highest BCUT2D eigenvalue weighted by molar-refractivity contribution is 5.73. The summed E-state index contributed by atoms with van der Waals surface area (Å²) < 4.78 is 0. The molecule has 1 saturated heterocycles. The largest absolute Gasteiger partial charge is 0.370 e. The van der Waals surface area contributed by atoms with Gasteiger partial charge >= 0.3 is 0 Å². The van der Waals surface area contributed by atoms with E-state index in [2.05, 4.69) is 42.2 Å². The van der Waals surface area contributed by atoms with Crippen LogP contribution in [0.15, 0.2) is 30.3 Å². The lowest BCUT2D eigenvalue weighted by atomic mass is 9.76. The van der Waals surface area contributed by atoms with Gasteiger partial charge in [0.05, 0.1) is 0 Å². The van der Waals surface area contributed by atoms with Crippen molar-refractivity contribution in [1.82, 2.24) is 4.90 Å². The maximum Gasteiger partial charge on any atom is 0.218 e. The number of hydrogen-bond acceptors (Lipinski definition) is 2. The maximum atomic E-state index is 10.9. The summed E-state index contributed by atoms with van der Waals surface area (Å²) in [4.78, 5) is 13.2. The molecule has 0 saturated carbocycles. The Bertz CT molecular complexity index is 404. The molecule has 0 spiro atoms. The maximum absolute atomic E-state index is 10.9. The first kappa shape index (κ1) is 13.1. The van der Waals surface area contributed by atoms with Crippen LogP contribution in [0.4, 0.5) is 0 Å². The number of carbonyl (C=O) groups is 1. The Morgan fingerprint density at radius 1 is 1.39 bits per heavy atom. The first-order valence-corrected chi connectivity index (χ1v) is 6.66. The Labute approximate surface area is 109 Å². The predicted octanol–water partition coefficient (Wildman–Crippen LogP) is 1.92. The number of rotatable bonds is 4. The quantitative estimate of drug-likeness (QED) is 0.882. The van der Waals surface area contributed by atoms with E-state index >= 15 is 0 Å². The van der Waals surface area contributed by atoms with E-state index in [1.165, 1.54) is 18.4 Å². The Balaban J connectivity index is 2.03.